The lowest BCUT2D eigenvalue weighted by Gasteiger charge is -2.44. The number of para-hydroxylation sites is 2. The van der Waals surface area contributed by atoms with Gasteiger partial charge in [-0.05, 0) is 79.6 Å². The van der Waals surface area contributed by atoms with Gasteiger partial charge in [0.05, 0.1) is 30.2 Å². The van der Waals surface area contributed by atoms with E-state index in [0.29, 0.717) is 17.0 Å². The van der Waals surface area contributed by atoms with Gasteiger partial charge in [0, 0.05) is 33.2 Å². The van der Waals surface area contributed by atoms with E-state index >= 15 is 0 Å². The number of aromatic hydroxyl groups is 1. The second-order valence-corrected chi connectivity index (χ2v) is 12.6. The smallest absolute Gasteiger partial charge is 0.238 e. The van der Waals surface area contributed by atoms with E-state index in [0.717, 1.165) is 15.8 Å². The lowest BCUT2D eigenvalue weighted by atomic mass is 9.64. The molecule has 6 atom stereocenters. The number of phenolic OH excluding ortho intramolecular Hbond substituents is 1. The fraction of sp³-hybridized carbons (Fsp3) is 0.257. The average molecular weight is 656 g/mol. The average Bonchev–Trinajstić information content (AvgIpc) is 3.51. The molecule has 8 nitrogen and oxygen atoms in total. The number of benzene rings is 4. The molecule has 0 unspecified atom stereocenters. The fourth-order valence-electron chi connectivity index (χ4n) is 7.00. The maximum Gasteiger partial charge on any atom is 0.238 e. The summed E-state index contributed by atoms with van der Waals surface area (Å²) in [5.41, 5.74) is 2.74. The molecule has 4 aromatic carbocycles. The third-order valence-corrected chi connectivity index (χ3v) is 9.58. The monoisotopic (exact) mass is 654 g/mol. The molecule has 0 radical (unpaired) electrons. The van der Waals surface area contributed by atoms with E-state index in [1.807, 2.05) is 72.8 Å². The Bertz CT molecular complexity index is 1680. The molecule has 2 amide bonds. The van der Waals surface area contributed by atoms with Gasteiger partial charge in [0.25, 0.3) is 0 Å². The number of hydrogen-bond donors (Lipinski definition) is 3. The number of anilines is 3. The highest BCUT2D eigenvalue weighted by Crippen LogP contribution is 2.59. The van der Waals surface area contributed by atoms with Crippen LogP contribution in [-0.4, -0.2) is 34.4 Å². The van der Waals surface area contributed by atoms with Crippen molar-refractivity contribution in [2.75, 3.05) is 16.8 Å². The first-order valence-electron chi connectivity index (χ1n) is 14.7. The minimum absolute atomic E-state index is 0.0359. The van der Waals surface area contributed by atoms with Crippen LogP contribution in [0.1, 0.15) is 24.5 Å². The van der Waals surface area contributed by atoms with Crippen LogP contribution in [0.5, 0.6) is 11.5 Å². The van der Waals surface area contributed by atoms with Crippen molar-refractivity contribution in [2.24, 2.45) is 23.7 Å². The van der Waals surface area contributed by atoms with Gasteiger partial charge in [-0.1, -0.05) is 52.3 Å². The number of phenols is 1. The predicted molar refractivity (Wildman–Crippen MR) is 168 cm³/mol. The summed E-state index contributed by atoms with van der Waals surface area (Å²) in [6.45, 7) is 0.0960. The highest BCUT2D eigenvalue weighted by molar-refractivity contribution is 9.10. The van der Waals surface area contributed by atoms with Crippen LogP contribution in [0, 0.1) is 23.7 Å². The summed E-state index contributed by atoms with van der Waals surface area (Å²) >= 11 is 3.46. The molecule has 0 bridgehead atoms. The number of carbonyl (C=O) groups is 2. The van der Waals surface area contributed by atoms with Gasteiger partial charge in [0.2, 0.25) is 11.8 Å². The Kier molecular flexibility index (Phi) is 7.40. The molecule has 7 rings (SSSR count). The Morgan fingerprint density at radius 1 is 0.886 bits per heavy atom. The number of amides is 2. The van der Waals surface area contributed by atoms with E-state index in [-0.39, 0.29) is 37.0 Å². The first kappa shape index (κ1) is 28.6. The van der Waals surface area contributed by atoms with Crippen molar-refractivity contribution in [2.45, 2.75) is 24.7 Å². The lowest BCUT2D eigenvalue weighted by molar-refractivity contribution is -0.272. The Morgan fingerprint density at radius 3 is 2.30 bits per heavy atom. The van der Waals surface area contributed by atoms with Gasteiger partial charge in [-0.3, -0.25) is 14.5 Å². The van der Waals surface area contributed by atoms with Crippen molar-refractivity contribution in [1.82, 2.24) is 0 Å². The molecular weight excluding hydrogens is 624 g/mol. The van der Waals surface area contributed by atoms with Gasteiger partial charge in [0.15, 0.2) is 5.79 Å². The number of imide groups is 1. The molecule has 3 aliphatic rings. The Labute approximate surface area is 263 Å². The molecule has 3 fully saturated rings. The molecule has 224 valence electrons. The van der Waals surface area contributed by atoms with E-state index in [1.54, 1.807) is 30.3 Å². The number of nitrogens with zero attached hydrogens (tertiary/aromatic N) is 1. The number of ether oxygens (including phenoxy) is 2. The van der Waals surface area contributed by atoms with Crippen LogP contribution in [0.3, 0.4) is 0 Å². The molecule has 1 saturated carbocycles. The topological polar surface area (TPSA) is 108 Å². The quantitative estimate of drug-likeness (QED) is 0.194. The second kappa shape index (κ2) is 11.4. The van der Waals surface area contributed by atoms with Gasteiger partial charge >= 0.3 is 0 Å². The zero-order valence-electron chi connectivity index (χ0n) is 23.7. The summed E-state index contributed by atoms with van der Waals surface area (Å²) in [7, 11) is 0. The Morgan fingerprint density at radius 2 is 1.57 bits per heavy atom. The SMILES string of the molecule is O=C1[C@H]2[C@H](C[C@H](COc3ccccc3)[C@@]3(O)O[C@H](c4cc(Br)ccc4O)C[C@@H]23)C(=O)N1c1ccc(Nc2ccccc2)cc1. The van der Waals surface area contributed by atoms with Gasteiger partial charge in [-0.15, -0.1) is 0 Å². The summed E-state index contributed by atoms with van der Waals surface area (Å²) in [4.78, 5) is 29.3. The number of hydrogen-bond acceptors (Lipinski definition) is 7. The van der Waals surface area contributed by atoms with Gasteiger partial charge in [-0.25, -0.2) is 0 Å². The van der Waals surface area contributed by atoms with Crippen LogP contribution in [-0.2, 0) is 14.3 Å². The molecule has 44 heavy (non-hydrogen) atoms. The van der Waals surface area contributed by atoms with Crippen LogP contribution in [0.2, 0.25) is 0 Å². The standard InChI is InChI=1S/C35H31BrN2O6/c36-22-11-16-30(39)27(18-22)31-19-29-32-28(17-21(35(29,42)44-31)20-43-26-9-5-2-6-10-26)33(40)38(34(32)41)25-14-12-24(13-15-25)37-23-7-3-1-4-8-23/h1-16,18,21,28-29,31-32,37,39,42H,17,19-20H2/t21-,28+,29+,31+,32+,35-/m1/s1. The van der Waals surface area contributed by atoms with E-state index < -0.39 is 35.6 Å². The zero-order chi connectivity index (χ0) is 30.4. The maximum absolute atomic E-state index is 14.1. The first-order valence-corrected chi connectivity index (χ1v) is 15.5. The number of fused-ring (bicyclic) bond motifs is 3. The van der Waals surface area contributed by atoms with Crippen molar-refractivity contribution in [1.29, 1.82) is 0 Å². The second-order valence-electron chi connectivity index (χ2n) is 11.6. The maximum atomic E-state index is 14.1. The van der Waals surface area contributed by atoms with E-state index in [9.17, 15) is 19.8 Å². The van der Waals surface area contributed by atoms with Crippen LogP contribution < -0.4 is 15.0 Å². The molecule has 1 aliphatic carbocycles. The molecule has 0 aromatic heterocycles. The van der Waals surface area contributed by atoms with E-state index in [2.05, 4.69) is 21.2 Å². The normalized spacial score (nSPS) is 27.6. The zero-order valence-corrected chi connectivity index (χ0v) is 25.3. The highest BCUT2D eigenvalue weighted by atomic mass is 79.9. The summed E-state index contributed by atoms with van der Waals surface area (Å²) in [6, 6.07) is 31.2. The summed E-state index contributed by atoms with van der Waals surface area (Å²) in [5, 5.41) is 26.2. The molecule has 9 heteroatoms. The number of carbonyl (C=O) groups excluding carboxylic acids is 2. The minimum Gasteiger partial charge on any atom is -0.508 e. The largest absolute Gasteiger partial charge is 0.508 e. The molecular formula is C35H31BrN2O6. The lowest BCUT2D eigenvalue weighted by Crippen LogP contribution is -2.55. The third-order valence-electron chi connectivity index (χ3n) is 9.08. The van der Waals surface area contributed by atoms with Crippen molar-refractivity contribution >= 4 is 44.8 Å². The van der Waals surface area contributed by atoms with Crippen molar-refractivity contribution in [3.63, 3.8) is 0 Å². The third kappa shape index (κ3) is 5.04. The highest BCUT2D eigenvalue weighted by Gasteiger charge is 2.67. The fourth-order valence-corrected chi connectivity index (χ4v) is 7.38. The van der Waals surface area contributed by atoms with Gasteiger partial charge in [0.1, 0.15) is 11.5 Å². The molecule has 2 saturated heterocycles. The molecule has 2 heterocycles. The Hall–Kier alpha value is -4.18. The number of rotatable bonds is 7. The van der Waals surface area contributed by atoms with Crippen molar-refractivity contribution in [3.8, 4) is 11.5 Å². The van der Waals surface area contributed by atoms with Gasteiger partial charge in [-0.2, -0.15) is 0 Å². The molecule has 0 spiro atoms. The summed E-state index contributed by atoms with van der Waals surface area (Å²) < 4.78 is 13.2. The van der Waals surface area contributed by atoms with Crippen LogP contribution in [0.15, 0.2) is 108 Å². The van der Waals surface area contributed by atoms with Crippen LogP contribution in [0.4, 0.5) is 17.1 Å². The summed E-state index contributed by atoms with van der Waals surface area (Å²) in [5.74, 6) is -4.41. The first-order chi connectivity index (χ1) is 21.3. The minimum atomic E-state index is -1.75. The number of halogens is 1. The Balaban J connectivity index is 1.19. The molecule has 2 aliphatic heterocycles. The van der Waals surface area contributed by atoms with Crippen LogP contribution >= 0.6 is 15.9 Å². The van der Waals surface area contributed by atoms with E-state index in [1.165, 1.54) is 4.90 Å². The van der Waals surface area contributed by atoms with Gasteiger partial charge < -0.3 is 25.0 Å². The van der Waals surface area contributed by atoms with E-state index in [4.69, 9.17) is 9.47 Å². The number of aliphatic hydroxyl groups is 1. The molecule has 4 aromatic rings. The number of nitrogens with one attached hydrogen (secondary N) is 1. The van der Waals surface area contributed by atoms with Crippen molar-refractivity contribution < 1.29 is 29.3 Å². The van der Waals surface area contributed by atoms with Crippen LogP contribution in [0.25, 0.3) is 0 Å². The predicted octanol–water partition coefficient (Wildman–Crippen LogP) is 6.57. The van der Waals surface area contributed by atoms with Crippen molar-refractivity contribution in [3.05, 3.63) is 113 Å². The molecule has 3 N–H and O–H groups in total. The summed E-state index contributed by atoms with van der Waals surface area (Å²) in [6.07, 6.45) is -0.201.